The lowest BCUT2D eigenvalue weighted by molar-refractivity contribution is -0.130. The molecule has 0 aromatic rings. The Morgan fingerprint density at radius 2 is 1.80 bits per heavy atom. The molecule has 0 saturated heterocycles. The van der Waals surface area contributed by atoms with E-state index in [2.05, 4.69) is 0 Å². The Morgan fingerprint density at radius 1 is 1.33 bits per heavy atom. The summed E-state index contributed by atoms with van der Waals surface area (Å²) in [5.41, 5.74) is 0. The summed E-state index contributed by atoms with van der Waals surface area (Å²) in [7, 11) is -1.44. The molecule has 0 N–H and O–H groups in total. The number of alkyl halides is 3. The van der Waals surface area contributed by atoms with E-state index >= 15 is 0 Å². The van der Waals surface area contributed by atoms with E-state index in [0.717, 1.165) is 0 Å². The molecule has 92 valence electrons. The summed E-state index contributed by atoms with van der Waals surface area (Å²) in [6.45, 7) is 7.91. The number of hydrogen-bond acceptors (Lipinski definition) is 1. The highest BCUT2D eigenvalue weighted by molar-refractivity contribution is 14.1. The second-order valence-electron chi connectivity index (χ2n) is 4.61. The molecule has 0 rings (SSSR count). The van der Waals surface area contributed by atoms with Gasteiger partial charge in [0.25, 0.3) is 0 Å². The molecule has 0 aromatic carbocycles. The fourth-order valence-corrected chi connectivity index (χ4v) is 4.57. The van der Waals surface area contributed by atoms with E-state index in [1.54, 1.807) is 0 Å². The maximum Gasteiger partial charge on any atom is 0.388 e. The molecule has 0 saturated carbocycles. The van der Waals surface area contributed by atoms with Crippen molar-refractivity contribution < 1.29 is 16.2 Å². The zero-order valence-corrected chi connectivity index (χ0v) is 12.8. The van der Waals surface area contributed by atoms with Crippen LogP contribution < -0.4 is 0 Å². The molecular weight excluding hydrogens is 336 g/mol. The van der Waals surface area contributed by atoms with Crippen LogP contribution in [-0.4, -0.2) is 21.1 Å². The molecule has 0 fully saturated rings. The Hall–Kier alpha value is 0.697. The van der Waals surface area contributed by atoms with Crippen molar-refractivity contribution in [1.82, 2.24) is 0 Å². The van der Waals surface area contributed by atoms with Gasteiger partial charge in [-0.25, -0.2) is 0 Å². The van der Waals surface area contributed by atoms with Crippen LogP contribution in [0.2, 0.25) is 17.6 Å². The van der Waals surface area contributed by atoms with Crippen molar-refractivity contribution in [3.05, 3.63) is 0 Å². The summed E-state index contributed by atoms with van der Waals surface area (Å²) in [5.74, 6) is 0. The van der Waals surface area contributed by atoms with E-state index in [4.69, 9.17) is 3.07 Å². The largest absolute Gasteiger partial charge is 0.388 e. The molecule has 0 heterocycles. The minimum absolute atomic E-state index is 0.00741. The van der Waals surface area contributed by atoms with Gasteiger partial charge in [0.2, 0.25) is 0 Å². The van der Waals surface area contributed by atoms with Gasteiger partial charge in [-0.2, -0.15) is 13.2 Å². The predicted molar refractivity (Wildman–Crippen MR) is 67.1 cm³/mol. The van der Waals surface area contributed by atoms with Crippen LogP contribution in [0.15, 0.2) is 0 Å². The minimum Gasteiger partial charge on any atom is -0.313 e. The van der Waals surface area contributed by atoms with Crippen LogP contribution >= 0.6 is 23.0 Å². The first-order valence-corrected chi connectivity index (χ1v) is 8.38. The van der Waals surface area contributed by atoms with Gasteiger partial charge in [0, 0.05) is 15.2 Å². The van der Waals surface area contributed by atoms with Gasteiger partial charge in [-0.3, -0.25) is 0 Å². The number of hydrogen-bond donors (Lipinski definition) is 0. The van der Waals surface area contributed by atoms with Crippen molar-refractivity contribution in [2.45, 2.75) is 57.1 Å². The molecule has 0 aromatic heterocycles. The van der Waals surface area contributed by atoms with Gasteiger partial charge >= 0.3 is 6.18 Å². The summed E-state index contributed by atoms with van der Waals surface area (Å²) in [5, 5.41) is -0.105. The van der Waals surface area contributed by atoms with E-state index in [9.17, 15) is 13.2 Å². The van der Waals surface area contributed by atoms with Gasteiger partial charge in [-0.1, -0.05) is 26.4 Å². The van der Waals surface area contributed by atoms with Gasteiger partial charge in [0.05, 0.1) is 6.10 Å². The minimum atomic E-state index is -4.02. The molecule has 0 radical (unpaired) electrons. The molecule has 0 spiro atoms. The first kappa shape index (κ1) is 15.7. The van der Waals surface area contributed by atoms with Crippen LogP contribution in [0.1, 0.15) is 27.2 Å². The SMILES string of the molecule is CC(OI)C(C)(C)[SiH](C)CCC(F)(F)F. The van der Waals surface area contributed by atoms with Crippen LogP contribution in [0, 0.1) is 0 Å². The van der Waals surface area contributed by atoms with E-state index in [0.29, 0.717) is 6.04 Å². The third-order valence-corrected chi connectivity index (χ3v) is 8.24. The highest BCUT2D eigenvalue weighted by Gasteiger charge is 2.36. The van der Waals surface area contributed by atoms with Crippen molar-refractivity contribution in [1.29, 1.82) is 0 Å². The van der Waals surface area contributed by atoms with Gasteiger partial charge in [-0.05, 0) is 12.0 Å². The molecule has 0 bridgehead atoms. The Morgan fingerprint density at radius 3 is 2.13 bits per heavy atom. The number of rotatable bonds is 5. The molecule has 1 nitrogen and oxygen atoms in total. The summed E-state index contributed by atoms with van der Waals surface area (Å²) >= 11 is 1.82. The molecule has 0 aliphatic heterocycles. The van der Waals surface area contributed by atoms with Crippen LogP contribution in [0.5, 0.6) is 0 Å². The van der Waals surface area contributed by atoms with E-state index in [1.165, 1.54) is 0 Å². The standard InChI is InChI=1S/C9H18F3IOSi/c1-7(14-13)8(2,3)15(4)6-5-9(10,11)12/h7,15H,5-6H2,1-4H3. The first-order valence-electron chi connectivity index (χ1n) is 4.95. The summed E-state index contributed by atoms with van der Waals surface area (Å²) < 4.78 is 41.4. The van der Waals surface area contributed by atoms with E-state index < -0.39 is 21.4 Å². The molecule has 0 amide bonds. The molecule has 2 unspecified atom stereocenters. The Kier molecular flexibility index (Phi) is 6.13. The highest BCUT2D eigenvalue weighted by atomic mass is 127. The summed E-state index contributed by atoms with van der Waals surface area (Å²) in [4.78, 5) is 0. The Bertz CT molecular complexity index is 196. The zero-order chi connectivity index (χ0) is 12.3. The monoisotopic (exact) mass is 354 g/mol. The average molecular weight is 354 g/mol. The van der Waals surface area contributed by atoms with E-state index in [1.807, 2.05) is 50.3 Å². The van der Waals surface area contributed by atoms with Crippen molar-refractivity contribution in [3.8, 4) is 0 Å². The Labute approximate surface area is 105 Å². The lowest BCUT2D eigenvalue weighted by atomic mass is 10.1. The van der Waals surface area contributed by atoms with Crippen molar-refractivity contribution in [2.75, 3.05) is 0 Å². The van der Waals surface area contributed by atoms with Crippen LogP contribution in [-0.2, 0) is 3.07 Å². The molecule has 2 atom stereocenters. The molecule has 15 heavy (non-hydrogen) atoms. The molecular formula is C9H18F3IOSi. The lowest BCUT2D eigenvalue weighted by Crippen LogP contribution is -2.35. The van der Waals surface area contributed by atoms with E-state index in [-0.39, 0.29) is 11.1 Å². The smallest absolute Gasteiger partial charge is 0.313 e. The lowest BCUT2D eigenvalue weighted by Gasteiger charge is -2.35. The van der Waals surface area contributed by atoms with Crippen LogP contribution in [0.3, 0.4) is 0 Å². The van der Waals surface area contributed by atoms with Crippen molar-refractivity contribution in [3.63, 3.8) is 0 Å². The fourth-order valence-electron chi connectivity index (χ4n) is 1.27. The topological polar surface area (TPSA) is 9.23 Å². The fraction of sp³-hybridized carbons (Fsp3) is 1.00. The van der Waals surface area contributed by atoms with Crippen LogP contribution in [0.25, 0.3) is 0 Å². The third kappa shape index (κ3) is 5.53. The zero-order valence-electron chi connectivity index (χ0n) is 9.49. The molecule has 0 aliphatic rings. The van der Waals surface area contributed by atoms with Crippen LogP contribution in [0.4, 0.5) is 13.2 Å². The normalized spacial score (nSPS) is 17.6. The Balaban J connectivity index is 4.25. The summed E-state index contributed by atoms with van der Waals surface area (Å²) in [6.07, 6.45) is -4.67. The van der Waals surface area contributed by atoms with Crippen molar-refractivity contribution in [2.24, 2.45) is 0 Å². The van der Waals surface area contributed by atoms with Gasteiger partial charge in [-0.15, -0.1) is 0 Å². The maximum absolute atomic E-state index is 12.1. The quantitative estimate of drug-likeness (QED) is 0.528. The highest BCUT2D eigenvalue weighted by Crippen LogP contribution is 2.39. The molecule has 6 heteroatoms. The maximum atomic E-state index is 12.1. The van der Waals surface area contributed by atoms with Gasteiger partial charge in [0.15, 0.2) is 0 Å². The second kappa shape index (κ2) is 5.86. The second-order valence-corrected chi connectivity index (χ2v) is 8.98. The first-order chi connectivity index (χ1) is 6.61. The van der Waals surface area contributed by atoms with Gasteiger partial charge in [0.1, 0.15) is 23.0 Å². The molecule has 0 aliphatic carbocycles. The van der Waals surface area contributed by atoms with Gasteiger partial charge < -0.3 is 3.07 Å². The predicted octanol–water partition coefficient (Wildman–Crippen LogP) is 4.33. The summed E-state index contributed by atoms with van der Waals surface area (Å²) in [6, 6.07) is 0.292. The third-order valence-electron chi connectivity index (χ3n) is 3.31. The number of halogens is 4. The average Bonchev–Trinajstić information content (AvgIpc) is 2.11. The van der Waals surface area contributed by atoms with Crippen molar-refractivity contribution >= 4 is 31.8 Å².